The summed E-state index contributed by atoms with van der Waals surface area (Å²) in [5.74, 6) is 0.434. The van der Waals surface area contributed by atoms with Crippen molar-refractivity contribution in [1.29, 1.82) is 5.41 Å². The van der Waals surface area contributed by atoms with Gasteiger partial charge < -0.3 is 25.1 Å². The van der Waals surface area contributed by atoms with Crippen molar-refractivity contribution in [2.45, 2.75) is 12.5 Å². The van der Waals surface area contributed by atoms with Crippen LogP contribution in [0.2, 0.25) is 0 Å². The summed E-state index contributed by atoms with van der Waals surface area (Å²) in [6.45, 7) is 6.39. The fourth-order valence-corrected chi connectivity index (χ4v) is 3.37. The zero-order chi connectivity index (χ0) is 18.1. The quantitative estimate of drug-likeness (QED) is 0.752. The Labute approximate surface area is 152 Å². The molecule has 1 unspecified atom stereocenters. The average Bonchev–Trinajstić information content (AvgIpc) is 3.10. The maximum Gasteiger partial charge on any atom is 0.255 e. The molecule has 3 aliphatic rings. The largest absolute Gasteiger partial charge is 0.491 e. The number of carbonyl (C=O) groups excluding carboxylic acids is 1. The summed E-state index contributed by atoms with van der Waals surface area (Å²) in [4.78, 5) is 14.9. The standard InChI is InChI=1S/C20H21N3O3/c1-13-9-18-19(11-17(13)21)23-6-5-16(12-23)26-8-7-25-15-4-2-3-14(10-15)20(24)22-18/h2-4,9-11,16,21H,1,5-8,12H2,(H,22,24). The molecule has 134 valence electrons. The van der Waals surface area contributed by atoms with E-state index >= 15 is 0 Å². The number of nitrogens with one attached hydrogen (secondary N) is 2. The second-order valence-electron chi connectivity index (χ2n) is 6.58. The van der Waals surface area contributed by atoms with E-state index in [4.69, 9.17) is 14.9 Å². The van der Waals surface area contributed by atoms with Gasteiger partial charge in [0.05, 0.1) is 29.8 Å². The van der Waals surface area contributed by atoms with Crippen LogP contribution in [0.25, 0.3) is 0 Å². The lowest BCUT2D eigenvalue weighted by Gasteiger charge is -2.28. The molecule has 0 aromatic heterocycles. The summed E-state index contributed by atoms with van der Waals surface area (Å²) in [7, 11) is 0. The lowest BCUT2D eigenvalue weighted by molar-refractivity contribution is 0.0409. The molecule has 6 nitrogen and oxygen atoms in total. The van der Waals surface area contributed by atoms with E-state index in [1.54, 1.807) is 30.4 Å². The third kappa shape index (κ3) is 3.28. The Morgan fingerprint density at radius 3 is 3.04 bits per heavy atom. The molecule has 2 N–H and O–H groups in total. The first-order valence-electron chi connectivity index (χ1n) is 8.72. The van der Waals surface area contributed by atoms with E-state index < -0.39 is 0 Å². The predicted molar refractivity (Wildman–Crippen MR) is 98.4 cm³/mol. The van der Waals surface area contributed by atoms with Crippen LogP contribution in [0.1, 0.15) is 16.8 Å². The van der Waals surface area contributed by atoms with Crippen LogP contribution in [0.5, 0.6) is 5.75 Å². The fourth-order valence-electron chi connectivity index (χ4n) is 3.37. The van der Waals surface area contributed by atoms with Gasteiger partial charge in [-0.25, -0.2) is 0 Å². The van der Waals surface area contributed by atoms with Gasteiger partial charge in [0.1, 0.15) is 12.4 Å². The van der Waals surface area contributed by atoms with Crippen LogP contribution in [0.15, 0.2) is 60.0 Å². The summed E-state index contributed by atoms with van der Waals surface area (Å²) in [6, 6.07) is 7.10. The van der Waals surface area contributed by atoms with E-state index in [1.165, 1.54) is 0 Å². The van der Waals surface area contributed by atoms with Crippen LogP contribution in [0.3, 0.4) is 0 Å². The average molecular weight is 351 g/mol. The minimum Gasteiger partial charge on any atom is -0.491 e. The van der Waals surface area contributed by atoms with E-state index in [0.29, 0.717) is 41.5 Å². The predicted octanol–water partition coefficient (Wildman–Crippen LogP) is 2.26. The van der Waals surface area contributed by atoms with Gasteiger partial charge in [-0.1, -0.05) is 12.6 Å². The third-order valence-corrected chi connectivity index (χ3v) is 4.76. The maximum atomic E-state index is 12.7. The number of hydrogen-bond donors (Lipinski definition) is 2. The number of benzene rings is 1. The molecule has 0 radical (unpaired) electrons. The zero-order valence-corrected chi connectivity index (χ0v) is 14.5. The molecule has 4 bridgehead atoms. The minimum atomic E-state index is -0.210. The number of ether oxygens (including phenoxy) is 2. The second-order valence-corrected chi connectivity index (χ2v) is 6.58. The molecule has 1 amide bonds. The fraction of sp³-hybridized carbons (Fsp3) is 0.300. The van der Waals surface area contributed by atoms with Gasteiger partial charge in [0.25, 0.3) is 5.91 Å². The van der Waals surface area contributed by atoms with Gasteiger partial charge in [-0.2, -0.15) is 0 Å². The molecule has 6 heteroatoms. The van der Waals surface area contributed by atoms with Gasteiger partial charge in [0.15, 0.2) is 0 Å². The molecular formula is C20H21N3O3. The van der Waals surface area contributed by atoms with E-state index in [0.717, 1.165) is 25.2 Å². The summed E-state index contributed by atoms with van der Waals surface area (Å²) < 4.78 is 11.6. The molecule has 1 aromatic carbocycles. The van der Waals surface area contributed by atoms with Crippen molar-refractivity contribution in [3.63, 3.8) is 0 Å². The molecule has 1 saturated heterocycles. The number of rotatable bonds is 0. The van der Waals surface area contributed by atoms with Gasteiger partial charge in [0, 0.05) is 18.7 Å². The van der Waals surface area contributed by atoms with Crippen molar-refractivity contribution in [2.75, 3.05) is 26.3 Å². The summed E-state index contributed by atoms with van der Waals surface area (Å²) in [5, 5.41) is 11.1. The molecule has 26 heavy (non-hydrogen) atoms. The van der Waals surface area contributed by atoms with E-state index in [1.807, 2.05) is 6.07 Å². The summed E-state index contributed by atoms with van der Waals surface area (Å²) in [6.07, 6.45) is 4.55. The Balaban J connectivity index is 1.70. The molecule has 4 rings (SSSR count). The Kier molecular flexibility index (Phi) is 4.34. The van der Waals surface area contributed by atoms with Crippen molar-refractivity contribution >= 4 is 11.6 Å². The topological polar surface area (TPSA) is 74.7 Å². The van der Waals surface area contributed by atoms with Crippen molar-refractivity contribution in [3.05, 3.63) is 65.5 Å². The van der Waals surface area contributed by atoms with Gasteiger partial charge >= 0.3 is 0 Å². The number of fused-ring (bicyclic) bond motifs is 6. The molecule has 0 saturated carbocycles. The van der Waals surface area contributed by atoms with Crippen LogP contribution in [0.4, 0.5) is 0 Å². The molecule has 2 aliphatic heterocycles. The Hall–Kier alpha value is -2.86. The molecule has 1 aliphatic carbocycles. The number of hydrogen-bond acceptors (Lipinski definition) is 5. The molecule has 2 heterocycles. The first kappa shape index (κ1) is 16.6. The van der Waals surface area contributed by atoms with Crippen LogP contribution in [0, 0.1) is 5.41 Å². The molecule has 1 fully saturated rings. The van der Waals surface area contributed by atoms with Gasteiger partial charge in [-0.15, -0.1) is 0 Å². The monoisotopic (exact) mass is 351 g/mol. The highest BCUT2D eigenvalue weighted by atomic mass is 16.5. The van der Waals surface area contributed by atoms with Crippen molar-refractivity contribution in [3.8, 4) is 5.75 Å². The Morgan fingerprint density at radius 1 is 1.27 bits per heavy atom. The molecule has 1 atom stereocenters. The summed E-state index contributed by atoms with van der Waals surface area (Å²) in [5.41, 5.74) is 2.96. The van der Waals surface area contributed by atoms with Crippen molar-refractivity contribution in [1.82, 2.24) is 10.2 Å². The Morgan fingerprint density at radius 2 is 2.15 bits per heavy atom. The highest BCUT2D eigenvalue weighted by Gasteiger charge is 2.29. The third-order valence-electron chi connectivity index (χ3n) is 4.76. The normalized spacial score (nSPS) is 23.3. The number of allylic oxidation sites excluding steroid dienone is 3. The van der Waals surface area contributed by atoms with Gasteiger partial charge in [0.2, 0.25) is 0 Å². The Bertz CT molecular complexity index is 840. The van der Waals surface area contributed by atoms with Crippen molar-refractivity contribution < 1.29 is 14.3 Å². The number of nitrogens with zero attached hydrogens (tertiary/aromatic N) is 1. The lowest BCUT2D eigenvalue weighted by atomic mass is 10.0. The lowest BCUT2D eigenvalue weighted by Crippen LogP contribution is -2.33. The summed E-state index contributed by atoms with van der Waals surface area (Å²) >= 11 is 0. The van der Waals surface area contributed by atoms with E-state index in [9.17, 15) is 4.79 Å². The smallest absolute Gasteiger partial charge is 0.255 e. The molecule has 1 aromatic rings. The SMILES string of the molecule is C=C1C=C2NC(=O)c3cccc(c3)OCCOC3CCN(C3)C2=CC1=N. The van der Waals surface area contributed by atoms with Crippen molar-refractivity contribution in [2.24, 2.45) is 0 Å². The van der Waals surface area contributed by atoms with Crippen LogP contribution in [-0.4, -0.2) is 48.9 Å². The zero-order valence-electron chi connectivity index (χ0n) is 14.5. The van der Waals surface area contributed by atoms with Gasteiger partial charge in [-0.3, -0.25) is 4.79 Å². The first-order valence-corrected chi connectivity index (χ1v) is 8.72. The second kappa shape index (κ2) is 6.80. The van der Waals surface area contributed by atoms with E-state index in [-0.39, 0.29) is 12.0 Å². The number of carbonyl (C=O) groups is 1. The molecular weight excluding hydrogens is 330 g/mol. The maximum absolute atomic E-state index is 12.7. The highest BCUT2D eigenvalue weighted by molar-refractivity contribution is 6.10. The highest BCUT2D eigenvalue weighted by Crippen LogP contribution is 2.27. The van der Waals surface area contributed by atoms with Crippen LogP contribution < -0.4 is 10.1 Å². The van der Waals surface area contributed by atoms with Gasteiger partial charge in [-0.05, 0) is 42.3 Å². The van der Waals surface area contributed by atoms with Crippen LogP contribution >= 0.6 is 0 Å². The number of amides is 1. The van der Waals surface area contributed by atoms with Crippen LogP contribution in [-0.2, 0) is 4.74 Å². The van der Waals surface area contributed by atoms with E-state index in [2.05, 4.69) is 16.8 Å². The first-order chi connectivity index (χ1) is 12.6. The minimum absolute atomic E-state index is 0.116. The molecule has 0 spiro atoms.